The first-order valence-electron chi connectivity index (χ1n) is 8.19. The van der Waals surface area contributed by atoms with Crippen molar-refractivity contribution in [1.82, 2.24) is 15.4 Å². The second-order valence-electron chi connectivity index (χ2n) is 5.64. The van der Waals surface area contributed by atoms with Crippen LogP contribution in [0.25, 0.3) is 0 Å². The van der Waals surface area contributed by atoms with Crippen molar-refractivity contribution in [2.24, 2.45) is 0 Å². The quantitative estimate of drug-likeness (QED) is 0.582. The molecule has 144 valence electrons. The highest BCUT2D eigenvalue weighted by molar-refractivity contribution is 7.89. The Balaban J connectivity index is 1.68. The molecule has 2 amide bonds. The molecule has 2 rings (SSSR count). The van der Waals surface area contributed by atoms with Crippen molar-refractivity contribution in [3.05, 3.63) is 65.2 Å². The van der Waals surface area contributed by atoms with Crippen molar-refractivity contribution in [2.45, 2.75) is 17.9 Å². The van der Waals surface area contributed by atoms with Gasteiger partial charge >= 0.3 is 0 Å². The predicted molar refractivity (Wildman–Crippen MR) is 103 cm³/mol. The van der Waals surface area contributed by atoms with Crippen molar-refractivity contribution in [3.8, 4) is 0 Å². The number of nitrogens with one attached hydrogen (secondary N) is 3. The molecule has 0 spiro atoms. The number of benzene rings is 2. The topological polar surface area (TPSA) is 104 Å². The molecule has 0 fully saturated rings. The molecule has 9 heteroatoms. The Morgan fingerprint density at radius 2 is 1.67 bits per heavy atom. The average molecular weight is 410 g/mol. The Morgan fingerprint density at radius 1 is 0.926 bits per heavy atom. The molecule has 0 aliphatic heterocycles. The van der Waals surface area contributed by atoms with Crippen LogP contribution in [0, 0.1) is 0 Å². The van der Waals surface area contributed by atoms with Gasteiger partial charge in [0.1, 0.15) is 0 Å². The summed E-state index contributed by atoms with van der Waals surface area (Å²) in [5, 5.41) is 5.43. The zero-order valence-corrected chi connectivity index (χ0v) is 16.0. The van der Waals surface area contributed by atoms with Crippen molar-refractivity contribution in [2.75, 3.05) is 13.1 Å². The number of rotatable bonds is 9. The van der Waals surface area contributed by atoms with Crippen LogP contribution in [-0.2, 0) is 26.2 Å². The van der Waals surface area contributed by atoms with Crippen LogP contribution in [0.4, 0.5) is 0 Å². The maximum Gasteiger partial charge on any atom is 0.240 e. The minimum atomic E-state index is -3.74. The molecule has 0 aromatic heterocycles. The summed E-state index contributed by atoms with van der Waals surface area (Å²) in [6.45, 7) is 0.105. The maximum atomic E-state index is 12.1. The number of sulfonamides is 1. The lowest BCUT2D eigenvalue weighted by molar-refractivity contribution is -0.126. The van der Waals surface area contributed by atoms with E-state index in [1.54, 1.807) is 6.07 Å². The van der Waals surface area contributed by atoms with Gasteiger partial charge in [0.2, 0.25) is 21.8 Å². The molecule has 0 saturated carbocycles. The van der Waals surface area contributed by atoms with Gasteiger partial charge in [-0.15, -0.1) is 0 Å². The molecular formula is C18H20ClN3O4S. The number of amides is 2. The Hall–Kier alpha value is -2.42. The van der Waals surface area contributed by atoms with Crippen LogP contribution in [0.15, 0.2) is 59.5 Å². The number of halogens is 1. The van der Waals surface area contributed by atoms with E-state index in [9.17, 15) is 18.0 Å². The fourth-order valence-corrected chi connectivity index (χ4v) is 3.47. The van der Waals surface area contributed by atoms with E-state index in [4.69, 9.17) is 11.6 Å². The molecule has 0 atom stereocenters. The van der Waals surface area contributed by atoms with E-state index in [0.717, 1.165) is 5.56 Å². The van der Waals surface area contributed by atoms with E-state index < -0.39 is 15.9 Å². The molecule has 0 radical (unpaired) electrons. The highest BCUT2D eigenvalue weighted by Gasteiger charge is 2.14. The number of hydrogen-bond donors (Lipinski definition) is 3. The molecule has 0 saturated heterocycles. The lowest BCUT2D eigenvalue weighted by atomic mass is 10.2. The Bertz CT molecular complexity index is 888. The van der Waals surface area contributed by atoms with Gasteiger partial charge in [-0.2, -0.15) is 0 Å². The second-order valence-corrected chi connectivity index (χ2v) is 7.85. The van der Waals surface area contributed by atoms with Gasteiger partial charge in [0.15, 0.2) is 0 Å². The highest BCUT2D eigenvalue weighted by Crippen LogP contribution is 2.14. The molecular weight excluding hydrogens is 390 g/mol. The first-order chi connectivity index (χ1) is 12.9. The van der Waals surface area contributed by atoms with Gasteiger partial charge in [-0.05, 0) is 23.8 Å². The number of carbonyl (C=O) groups excluding carboxylic acids is 2. The van der Waals surface area contributed by atoms with Crippen molar-refractivity contribution in [1.29, 1.82) is 0 Å². The van der Waals surface area contributed by atoms with E-state index in [1.165, 1.54) is 18.2 Å². The largest absolute Gasteiger partial charge is 0.350 e. The van der Waals surface area contributed by atoms with E-state index in [-0.39, 0.29) is 30.3 Å². The molecule has 0 unspecified atom stereocenters. The first kappa shape index (κ1) is 20.9. The van der Waals surface area contributed by atoms with Crippen LogP contribution in [0.1, 0.15) is 12.0 Å². The van der Waals surface area contributed by atoms with E-state index in [2.05, 4.69) is 15.4 Å². The molecule has 3 N–H and O–H groups in total. The van der Waals surface area contributed by atoms with Crippen LogP contribution < -0.4 is 15.4 Å². The zero-order valence-electron chi connectivity index (χ0n) is 14.4. The monoisotopic (exact) mass is 409 g/mol. The van der Waals surface area contributed by atoms with E-state index >= 15 is 0 Å². The summed E-state index contributed by atoms with van der Waals surface area (Å²) < 4.78 is 26.5. The summed E-state index contributed by atoms with van der Waals surface area (Å²) in [4.78, 5) is 23.5. The summed E-state index contributed by atoms with van der Waals surface area (Å²) in [5.74, 6) is -0.759. The third kappa shape index (κ3) is 7.38. The Kier molecular flexibility index (Phi) is 7.78. The van der Waals surface area contributed by atoms with Gasteiger partial charge in [-0.3, -0.25) is 9.59 Å². The van der Waals surface area contributed by atoms with Gasteiger partial charge < -0.3 is 10.6 Å². The first-order valence-corrected chi connectivity index (χ1v) is 10.1. The predicted octanol–water partition coefficient (Wildman–Crippen LogP) is 1.44. The summed E-state index contributed by atoms with van der Waals surface area (Å²) in [5.41, 5.74) is 0.951. The van der Waals surface area contributed by atoms with Crippen LogP contribution >= 0.6 is 11.6 Å². The van der Waals surface area contributed by atoms with Crippen LogP contribution in [0.3, 0.4) is 0 Å². The summed E-state index contributed by atoms with van der Waals surface area (Å²) in [6, 6.07) is 15.2. The normalized spacial score (nSPS) is 11.0. The minimum Gasteiger partial charge on any atom is -0.350 e. The Labute approximate surface area is 163 Å². The highest BCUT2D eigenvalue weighted by atomic mass is 35.5. The van der Waals surface area contributed by atoms with Gasteiger partial charge in [0.25, 0.3) is 0 Å². The Morgan fingerprint density at radius 3 is 2.37 bits per heavy atom. The summed E-state index contributed by atoms with van der Waals surface area (Å²) >= 11 is 5.78. The maximum absolute atomic E-state index is 12.1. The lowest BCUT2D eigenvalue weighted by Gasteiger charge is -2.08. The summed E-state index contributed by atoms with van der Waals surface area (Å²) in [7, 11) is -3.74. The van der Waals surface area contributed by atoms with Gasteiger partial charge in [-0.1, -0.05) is 48.0 Å². The molecule has 0 aliphatic rings. The third-order valence-electron chi connectivity index (χ3n) is 3.53. The fourth-order valence-electron chi connectivity index (χ4n) is 2.14. The molecule has 0 heterocycles. The van der Waals surface area contributed by atoms with Crippen LogP contribution in [0.5, 0.6) is 0 Å². The molecule has 2 aromatic carbocycles. The summed E-state index contributed by atoms with van der Waals surface area (Å²) in [6.07, 6.45) is -0.0915. The SMILES string of the molecule is O=C(CCNS(=O)(=O)c1cccc(Cl)c1)NCC(=O)NCc1ccccc1. The third-order valence-corrected chi connectivity index (χ3v) is 5.22. The number of hydrogen-bond acceptors (Lipinski definition) is 4. The van der Waals surface area contributed by atoms with E-state index in [0.29, 0.717) is 11.6 Å². The molecule has 27 heavy (non-hydrogen) atoms. The smallest absolute Gasteiger partial charge is 0.240 e. The second kappa shape index (κ2) is 10.1. The van der Waals surface area contributed by atoms with Gasteiger partial charge in [0, 0.05) is 24.5 Å². The molecule has 0 bridgehead atoms. The van der Waals surface area contributed by atoms with Crippen LogP contribution in [-0.4, -0.2) is 33.3 Å². The van der Waals surface area contributed by atoms with Gasteiger partial charge in [0.05, 0.1) is 11.4 Å². The molecule has 2 aromatic rings. The molecule has 0 aliphatic carbocycles. The van der Waals surface area contributed by atoms with Crippen molar-refractivity contribution >= 4 is 33.4 Å². The zero-order chi connectivity index (χ0) is 19.7. The van der Waals surface area contributed by atoms with Crippen LogP contribution in [0.2, 0.25) is 5.02 Å². The van der Waals surface area contributed by atoms with Crippen molar-refractivity contribution in [3.63, 3.8) is 0 Å². The standard InChI is InChI=1S/C18H20ClN3O4S/c19-15-7-4-8-16(11-15)27(25,26)22-10-9-17(23)21-13-18(24)20-12-14-5-2-1-3-6-14/h1-8,11,22H,9-10,12-13H2,(H,20,24)(H,21,23). The van der Waals surface area contributed by atoms with Crippen molar-refractivity contribution < 1.29 is 18.0 Å². The van der Waals surface area contributed by atoms with E-state index in [1.807, 2.05) is 30.3 Å². The number of carbonyl (C=O) groups is 2. The lowest BCUT2D eigenvalue weighted by Crippen LogP contribution is -2.38. The van der Waals surface area contributed by atoms with Gasteiger partial charge in [-0.25, -0.2) is 13.1 Å². The minimum absolute atomic E-state index is 0.0238. The fraction of sp³-hybridized carbons (Fsp3) is 0.222. The molecule has 7 nitrogen and oxygen atoms in total. The average Bonchev–Trinajstić information content (AvgIpc) is 2.65.